The van der Waals surface area contributed by atoms with Gasteiger partial charge in [-0.3, -0.25) is 14.9 Å². The molecular formula is C22H16N4O3. The van der Waals surface area contributed by atoms with Crippen LogP contribution in [0.4, 0.5) is 5.69 Å². The third kappa shape index (κ3) is 3.74. The number of nitrogens with one attached hydrogen (secondary N) is 2. The lowest BCUT2D eigenvalue weighted by molar-refractivity contribution is -0.384. The second-order valence-corrected chi connectivity index (χ2v) is 6.33. The summed E-state index contributed by atoms with van der Waals surface area (Å²) in [4.78, 5) is 26.2. The molecule has 0 bridgehead atoms. The molecule has 1 heterocycles. The van der Waals surface area contributed by atoms with Gasteiger partial charge < -0.3 is 4.98 Å². The lowest BCUT2D eigenvalue weighted by Crippen LogP contribution is -2.18. The number of carbonyl (C=O) groups excluding carboxylic acids is 1. The van der Waals surface area contributed by atoms with Crippen LogP contribution in [0.1, 0.15) is 16.1 Å². The molecule has 0 spiro atoms. The van der Waals surface area contributed by atoms with E-state index in [-0.39, 0.29) is 11.6 Å². The van der Waals surface area contributed by atoms with Gasteiger partial charge in [-0.1, -0.05) is 48.5 Å². The molecule has 7 nitrogen and oxygen atoms in total. The molecule has 0 fully saturated rings. The zero-order chi connectivity index (χ0) is 20.2. The summed E-state index contributed by atoms with van der Waals surface area (Å²) in [7, 11) is 0. The van der Waals surface area contributed by atoms with Crippen LogP contribution in [-0.4, -0.2) is 22.0 Å². The molecule has 0 aliphatic carbocycles. The van der Waals surface area contributed by atoms with Crippen molar-refractivity contribution in [2.45, 2.75) is 0 Å². The number of benzene rings is 3. The largest absolute Gasteiger partial charge is 0.350 e. The zero-order valence-electron chi connectivity index (χ0n) is 15.2. The number of hydrogen-bond acceptors (Lipinski definition) is 4. The van der Waals surface area contributed by atoms with E-state index in [1.165, 1.54) is 18.3 Å². The van der Waals surface area contributed by atoms with Crippen molar-refractivity contribution in [2.24, 2.45) is 5.10 Å². The number of rotatable bonds is 5. The molecule has 29 heavy (non-hydrogen) atoms. The predicted octanol–water partition coefficient (Wildman–Crippen LogP) is 4.51. The van der Waals surface area contributed by atoms with Gasteiger partial charge in [-0.15, -0.1) is 0 Å². The predicted molar refractivity (Wildman–Crippen MR) is 112 cm³/mol. The van der Waals surface area contributed by atoms with Crippen LogP contribution in [0.25, 0.3) is 22.0 Å². The molecule has 4 rings (SSSR count). The highest BCUT2D eigenvalue weighted by atomic mass is 16.6. The second-order valence-electron chi connectivity index (χ2n) is 6.33. The number of aromatic amines is 1. The van der Waals surface area contributed by atoms with E-state index in [0.717, 1.165) is 22.0 Å². The summed E-state index contributed by atoms with van der Waals surface area (Å²) >= 11 is 0. The minimum atomic E-state index is -0.469. The first-order chi connectivity index (χ1) is 14.1. The number of hydrazone groups is 1. The van der Waals surface area contributed by atoms with Crippen molar-refractivity contribution in [1.82, 2.24) is 10.4 Å². The number of non-ortho nitro benzene ring substituents is 1. The van der Waals surface area contributed by atoms with Crippen molar-refractivity contribution in [3.63, 3.8) is 0 Å². The monoisotopic (exact) mass is 384 g/mol. The van der Waals surface area contributed by atoms with Crippen LogP contribution in [0.3, 0.4) is 0 Å². The number of amides is 1. The van der Waals surface area contributed by atoms with Crippen LogP contribution in [0, 0.1) is 10.1 Å². The van der Waals surface area contributed by atoms with Crippen molar-refractivity contribution < 1.29 is 9.72 Å². The fraction of sp³-hybridized carbons (Fsp3) is 0. The Balaban J connectivity index is 1.61. The van der Waals surface area contributed by atoms with Gasteiger partial charge in [0.2, 0.25) is 0 Å². The number of nitro groups is 1. The van der Waals surface area contributed by atoms with E-state index < -0.39 is 4.92 Å². The van der Waals surface area contributed by atoms with Gasteiger partial charge >= 0.3 is 0 Å². The summed E-state index contributed by atoms with van der Waals surface area (Å²) in [6, 6.07) is 23.3. The molecule has 0 radical (unpaired) electrons. The van der Waals surface area contributed by atoms with Crippen LogP contribution >= 0.6 is 0 Å². The van der Waals surface area contributed by atoms with Gasteiger partial charge in [0, 0.05) is 28.6 Å². The number of aromatic nitrogens is 1. The summed E-state index contributed by atoms with van der Waals surface area (Å²) in [5.74, 6) is -0.377. The summed E-state index contributed by atoms with van der Waals surface area (Å²) < 4.78 is 0. The Hall–Kier alpha value is -4.26. The first-order valence-corrected chi connectivity index (χ1v) is 8.87. The second kappa shape index (κ2) is 7.77. The number of nitrogens with zero attached hydrogens (tertiary/aromatic N) is 2. The Morgan fingerprint density at radius 2 is 1.66 bits per heavy atom. The van der Waals surface area contributed by atoms with E-state index >= 15 is 0 Å². The lowest BCUT2D eigenvalue weighted by Gasteiger charge is -2.04. The maximum atomic E-state index is 12.8. The molecule has 0 saturated carbocycles. The molecule has 0 aliphatic heterocycles. The molecule has 4 aromatic rings. The van der Waals surface area contributed by atoms with Gasteiger partial charge in [-0.25, -0.2) is 5.43 Å². The van der Waals surface area contributed by atoms with Crippen molar-refractivity contribution in [1.29, 1.82) is 0 Å². The normalized spacial score (nSPS) is 11.0. The molecule has 7 heteroatoms. The average Bonchev–Trinajstić information content (AvgIpc) is 3.14. The molecule has 2 N–H and O–H groups in total. The van der Waals surface area contributed by atoms with Crippen molar-refractivity contribution in [2.75, 3.05) is 0 Å². The van der Waals surface area contributed by atoms with E-state index in [4.69, 9.17) is 0 Å². The standard InChI is InChI=1S/C22H16N4O3/c27-22(25-23-14-15-10-12-17(13-11-15)26(28)29)21-20(16-6-2-1-3-7-16)18-8-4-5-9-19(18)24-21/h1-14,24H,(H,25,27)/b23-14-. The smallest absolute Gasteiger partial charge is 0.288 e. The van der Waals surface area contributed by atoms with Crippen molar-refractivity contribution in [3.8, 4) is 11.1 Å². The van der Waals surface area contributed by atoms with Crippen LogP contribution in [0.15, 0.2) is 84.0 Å². The molecule has 142 valence electrons. The number of fused-ring (bicyclic) bond motifs is 1. The number of H-pyrrole nitrogens is 1. The summed E-state index contributed by atoms with van der Waals surface area (Å²) in [6.07, 6.45) is 1.44. The fourth-order valence-electron chi connectivity index (χ4n) is 3.12. The highest BCUT2D eigenvalue weighted by molar-refractivity contribution is 6.09. The number of carbonyl (C=O) groups is 1. The van der Waals surface area contributed by atoms with Crippen molar-refractivity contribution >= 4 is 28.7 Å². The quantitative estimate of drug-likeness (QED) is 0.301. The number of nitro benzene ring substituents is 1. The Morgan fingerprint density at radius 3 is 2.38 bits per heavy atom. The average molecular weight is 384 g/mol. The van der Waals surface area contributed by atoms with E-state index in [0.29, 0.717) is 11.3 Å². The van der Waals surface area contributed by atoms with Crippen LogP contribution in [0.2, 0.25) is 0 Å². The minimum absolute atomic E-state index is 0.00300. The third-order valence-corrected chi connectivity index (χ3v) is 4.48. The Labute approximate surface area is 165 Å². The van der Waals surface area contributed by atoms with E-state index in [1.807, 2.05) is 54.6 Å². The van der Waals surface area contributed by atoms with Gasteiger partial charge in [-0.05, 0) is 29.3 Å². The Bertz CT molecular complexity index is 1210. The maximum absolute atomic E-state index is 12.8. The first kappa shape index (κ1) is 18.1. The molecule has 1 aromatic heterocycles. The minimum Gasteiger partial charge on any atom is -0.350 e. The van der Waals surface area contributed by atoms with Gasteiger partial charge in [0.25, 0.3) is 11.6 Å². The SMILES string of the molecule is O=C(N/N=C\c1ccc([N+](=O)[O-])cc1)c1[nH]c2ccccc2c1-c1ccccc1. The fourth-order valence-corrected chi connectivity index (χ4v) is 3.12. The molecule has 1 amide bonds. The maximum Gasteiger partial charge on any atom is 0.288 e. The zero-order valence-corrected chi connectivity index (χ0v) is 15.2. The summed E-state index contributed by atoms with van der Waals surface area (Å²) in [6.45, 7) is 0. The van der Waals surface area contributed by atoms with Gasteiger partial charge in [0.05, 0.1) is 11.1 Å². The lowest BCUT2D eigenvalue weighted by atomic mass is 10.0. The first-order valence-electron chi connectivity index (χ1n) is 8.87. The molecule has 0 atom stereocenters. The van der Waals surface area contributed by atoms with Crippen molar-refractivity contribution in [3.05, 3.63) is 100 Å². The summed E-state index contributed by atoms with van der Waals surface area (Å²) in [5, 5.41) is 15.6. The van der Waals surface area contributed by atoms with Crippen LogP contribution in [0.5, 0.6) is 0 Å². The third-order valence-electron chi connectivity index (χ3n) is 4.48. The summed E-state index contributed by atoms with van der Waals surface area (Å²) in [5.41, 5.74) is 6.16. The van der Waals surface area contributed by atoms with Crippen LogP contribution < -0.4 is 5.43 Å². The van der Waals surface area contributed by atoms with Gasteiger partial charge in [0.1, 0.15) is 5.69 Å². The van der Waals surface area contributed by atoms with Gasteiger partial charge in [-0.2, -0.15) is 5.10 Å². The Kier molecular flexibility index (Phi) is 4.86. The van der Waals surface area contributed by atoms with E-state index in [1.54, 1.807) is 12.1 Å². The molecular weight excluding hydrogens is 368 g/mol. The molecule has 0 aliphatic rings. The van der Waals surface area contributed by atoms with E-state index in [2.05, 4.69) is 15.5 Å². The topological polar surface area (TPSA) is 100 Å². The van der Waals surface area contributed by atoms with E-state index in [9.17, 15) is 14.9 Å². The Morgan fingerprint density at radius 1 is 0.966 bits per heavy atom. The molecule has 0 saturated heterocycles. The number of hydrogen-bond donors (Lipinski definition) is 2. The number of para-hydroxylation sites is 1. The molecule has 0 unspecified atom stereocenters. The highest BCUT2D eigenvalue weighted by Gasteiger charge is 2.18. The van der Waals surface area contributed by atoms with Crippen LogP contribution in [-0.2, 0) is 0 Å². The molecule has 3 aromatic carbocycles. The van der Waals surface area contributed by atoms with Gasteiger partial charge in [0.15, 0.2) is 0 Å². The highest BCUT2D eigenvalue weighted by Crippen LogP contribution is 2.32.